The summed E-state index contributed by atoms with van der Waals surface area (Å²) in [4.78, 5) is 0. The van der Waals surface area contributed by atoms with Crippen LogP contribution < -0.4 is 5.32 Å². The van der Waals surface area contributed by atoms with Crippen molar-refractivity contribution in [1.82, 2.24) is 5.32 Å². The van der Waals surface area contributed by atoms with Crippen molar-refractivity contribution in [3.63, 3.8) is 0 Å². The van der Waals surface area contributed by atoms with Crippen LogP contribution in [0.1, 0.15) is 18.4 Å². The van der Waals surface area contributed by atoms with E-state index >= 15 is 0 Å². The summed E-state index contributed by atoms with van der Waals surface area (Å²) in [6.45, 7) is -0.460. The minimum atomic E-state index is -4.56. The summed E-state index contributed by atoms with van der Waals surface area (Å²) in [5.41, 5.74) is 0.613. The van der Waals surface area contributed by atoms with E-state index in [9.17, 15) is 13.2 Å². The number of halogens is 3. The van der Waals surface area contributed by atoms with Crippen LogP contribution in [0.2, 0.25) is 0 Å². The zero-order chi connectivity index (χ0) is 12.5. The monoisotopic (exact) mass is 245 g/mol. The van der Waals surface area contributed by atoms with E-state index in [1.165, 1.54) is 0 Å². The van der Waals surface area contributed by atoms with Crippen LogP contribution in [0.25, 0.3) is 0 Å². The molecule has 0 saturated heterocycles. The van der Waals surface area contributed by atoms with Crippen molar-refractivity contribution in [2.45, 2.75) is 30.7 Å². The van der Waals surface area contributed by atoms with E-state index in [-0.39, 0.29) is 5.54 Å². The lowest BCUT2D eigenvalue weighted by molar-refractivity contribution is -0.202. The first kappa shape index (κ1) is 12.4. The Hall–Kier alpha value is -1.07. The van der Waals surface area contributed by atoms with Crippen LogP contribution in [0.4, 0.5) is 13.2 Å². The Balaban J connectivity index is 1.96. The summed E-state index contributed by atoms with van der Waals surface area (Å²) in [7, 11) is 0. The van der Waals surface area contributed by atoms with Gasteiger partial charge in [0.2, 0.25) is 0 Å². The molecule has 0 bridgehead atoms. The van der Waals surface area contributed by atoms with Gasteiger partial charge in [-0.15, -0.1) is 0 Å². The highest BCUT2D eigenvalue weighted by atomic mass is 19.4. The van der Waals surface area contributed by atoms with Crippen LogP contribution in [-0.2, 0) is 5.54 Å². The number of rotatable bonds is 4. The van der Waals surface area contributed by atoms with Crippen molar-refractivity contribution >= 4 is 0 Å². The maximum absolute atomic E-state index is 12.2. The fraction of sp³-hybridized carbons (Fsp3) is 0.500. The third kappa shape index (κ3) is 2.79. The van der Waals surface area contributed by atoms with Gasteiger partial charge in [0, 0.05) is 12.1 Å². The summed E-state index contributed by atoms with van der Waals surface area (Å²) >= 11 is 0. The molecular formula is C12H14F3NO. The second-order valence-electron chi connectivity index (χ2n) is 4.39. The molecule has 17 heavy (non-hydrogen) atoms. The van der Waals surface area contributed by atoms with Crippen molar-refractivity contribution in [1.29, 1.82) is 0 Å². The van der Waals surface area contributed by atoms with Gasteiger partial charge in [-0.3, -0.25) is 0 Å². The summed E-state index contributed by atoms with van der Waals surface area (Å²) in [5.74, 6) is 0. The van der Waals surface area contributed by atoms with Crippen LogP contribution in [0.3, 0.4) is 0 Å². The Kier molecular flexibility index (Phi) is 3.14. The SMILES string of the molecule is OC(CNC1(c2ccccc2)CC1)C(F)(F)F. The van der Waals surface area contributed by atoms with Gasteiger partial charge in [-0.2, -0.15) is 13.2 Å². The second-order valence-corrected chi connectivity index (χ2v) is 4.39. The Labute approximate surface area is 97.5 Å². The number of aliphatic hydroxyl groups excluding tert-OH is 1. The largest absolute Gasteiger partial charge is 0.415 e. The fourth-order valence-corrected chi connectivity index (χ4v) is 1.86. The number of benzene rings is 1. The molecule has 1 unspecified atom stereocenters. The number of hydrogen-bond donors (Lipinski definition) is 2. The molecule has 94 valence electrons. The summed E-state index contributed by atoms with van der Waals surface area (Å²) in [5, 5.41) is 11.8. The van der Waals surface area contributed by atoms with Gasteiger partial charge in [-0.1, -0.05) is 30.3 Å². The second kappa shape index (κ2) is 4.31. The predicted molar refractivity (Wildman–Crippen MR) is 57.4 cm³/mol. The van der Waals surface area contributed by atoms with Crippen molar-refractivity contribution in [3.8, 4) is 0 Å². The molecule has 0 aromatic heterocycles. The highest BCUT2D eigenvalue weighted by Crippen LogP contribution is 2.45. The standard InChI is InChI=1S/C12H14F3NO/c13-12(14,15)10(17)8-16-11(6-7-11)9-4-2-1-3-5-9/h1-5,10,16-17H,6-8H2. The first-order valence-corrected chi connectivity index (χ1v) is 5.49. The molecule has 0 amide bonds. The van der Waals surface area contributed by atoms with Crippen molar-refractivity contribution in [3.05, 3.63) is 35.9 Å². The topological polar surface area (TPSA) is 32.3 Å². The van der Waals surface area contributed by atoms with Gasteiger partial charge in [0.25, 0.3) is 0 Å². The average molecular weight is 245 g/mol. The van der Waals surface area contributed by atoms with E-state index in [4.69, 9.17) is 5.11 Å². The summed E-state index contributed by atoms with van der Waals surface area (Å²) < 4.78 is 36.5. The smallest absolute Gasteiger partial charge is 0.382 e. The van der Waals surface area contributed by atoms with E-state index in [0.29, 0.717) is 0 Å². The van der Waals surface area contributed by atoms with E-state index < -0.39 is 18.8 Å². The molecule has 0 radical (unpaired) electrons. The number of alkyl halides is 3. The first-order valence-electron chi connectivity index (χ1n) is 5.49. The maximum atomic E-state index is 12.2. The van der Waals surface area contributed by atoms with Crippen LogP contribution in [0.5, 0.6) is 0 Å². The van der Waals surface area contributed by atoms with Crippen LogP contribution in [0.15, 0.2) is 30.3 Å². The number of nitrogens with one attached hydrogen (secondary N) is 1. The molecule has 1 fully saturated rings. The van der Waals surface area contributed by atoms with Gasteiger partial charge in [-0.25, -0.2) is 0 Å². The van der Waals surface area contributed by atoms with Gasteiger partial charge in [0.1, 0.15) is 0 Å². The Bertz CT molecular complexity index is 373. The minimum absolute atomic E-state index is 0.368. The summed E-state index contributed by atoms with van der Waals surface area (Å²) in [6.07, 6.45) is -5.24. The normalized spacial score (nSPS) is 20.0. The first-order chi connectivity index (χ1) is 7.94. The molecule has 1 atom stereocenters. The third-order valence-electron chi connectivity index (χ3n) is 3.09. The Morgan fingerprint density at radius 1 is 1.24 bits per heavy atom. The minimum Gasteiger partial charge on any atom is -0.382 e. The van der Waals surface area contributed by atoms with Crippen LogP contribution >= 0.6 is 0 Å². The highest BCUT2D eigenvalue weighted by molar-refractivity contribution is 5.29. The Morgan fingerprint density at radius 2 is 1.82 bits per heavy atom. The quantitative estimate of drug-likeness (QED) is 0.852. The molecule has 0 heterocycles. The maximum Gasteiger partial charge on any atom is 0.415 e. The molecule has 2 nitrogen and oxygen atoms in total. The molecule has 0 spiro atoms. The fourth-order valence-electron chi connectivity index (χ4n) is 1.86. The number of hydrogen-bond acceptors (Lipinski definition) is 2. The molecule has 2 rings (SSSR count). The zero-order valence-corrected chi connectivity index (χ0v) is 9.17. The Morgan fingerprint density at radius 3 is 2.29 bits per heavy atom. The lowest BCUT2D eigenvalue weighted by Gasteiger charge is -2.21. The van der Waals surface area contributed by atoms with Gasteiger partial charge in [0.05, 0.1) is 0 Å². The summed E-state index contributed by atoms with van der Waals surface area (Å²) in [6, 6.07) is 9.36. The van der Waals surface area contributed by atoms with E-state index in [1.807, 2.05) is 30.3 Å². The van der Waals surface area contributed by atoms with Crippen LogP contribution in [-0.4, -0.2) is 23.9 Å². The van der Waals surface area contributed by atoms with Crippen molar-refractivity contribution < 1.29 is 18.3 Å². The van der Waals surface area contributed by atoms with Gasteiger partial charge in [0.15, 0.2) is 6.10 Å². The van der Waals surface area contributed by atoms with Gasteiger partial charge >= 0.3 is 6.18 Å². The molecule has 2 N–H and O–H groups in total. The lowest BCUT2D eigenvalue weighted by Crippen LogP contribution is -2.42. The van der Waals surface area contributed by atoms with Gasteiger partial charge in [-0.05, 0) is 18.4 Å². The number of aliphatic hydroxyl groups is 1. The van der Waals surface area contributed by atoms with Crippen molar-refractivity contribution in [2.24, 2.45) is 0 Å². The highest BCUT2D eigenvalue weighted by Gasteiger charge is 2.46. The zero-order valence-electron chi connectivity index (χ0n) is 9.17. The van der Waals surface area contributed by atoms with Crippen molar-refractivity contribution in [2.75, 3.05) is 6.54 Å². The lowest BCUT2D eigenvalue weighted by atomic mass is 10.0. The molecule has 1 aliphatic carbocycles. The predicted octanol–water partition coefficient (Wildman–Crippen LogP) is 2.19. The molecule has 1 saturated carbocycles. The molecular weight excluding hydrogens is 231 g/mol. The van der Waals surface area contributed by atoms with E-state index in [2.05, 4.69) is 5.32 Å². The molecule has 1 aliphatic rings. The molecule has 1 aromatic carbocycles. The van der Waals surface area contributed by atoms with Crippen LogP contribution in [0, 0.1) is 0 Å². The van der Waals surface area contributed by atoms with E-state index in [0.717, 1.165) is 18.4 Å². The third-order valence-corrected chi connectivity index (χ3v) is 3.09. The van der Waals surface area contributed by atoms with Gasteiger partial charge < -0.3 is 10.4 Å². The molecule has 1 aromatic rings. The average Bonchev–Trinajstić information content (AvgIpc) is 3.07. The molecule has 0 aliphatic heterocycles. The van der Waals surface area contributed by atoms with E-state index in [1.54, 1.807) is 0 Å². The molecule has 5 heteroatoms.